The Morgan fingerprint density at radius 3 is 2.14 bits per heavy atom. The Balaban J connectivity index is 1.57. The van der Waals surface area contributed by atoms with Gasteiger partial charge in [-0.05, 0) is 38.0 Å². The summed E-state index contributed by atoms with van der Waals surface area (Å²) in [5.41, 5.74) is 0. The number of rotatable bonds is 1. The molecule has 0 aromatic heterocycles. The maximum absolute atomic E-state index is 12.6. The van der Waals surface area contributed by atoms with Gasteiger partial charge >= 0.3 is 6.03 Å². The summed E-state index contributed by atoms with van der Waals surface area (Å²) < 4.78 is 0. The lowest BCUT2D eigenvalue weighted by molar-refractivity contribution is -0.135. The van der Waals surface area contributed by atoms with Crippen LogP contribution >= 0.6 is 0 Å². The zero-order chi connectivity index (χ0) is 14.8. The molecule has 3 fully saturated rings. The number of urea groups is 1. The second kappa shape index (κ2) is 6.24. The van der Waals surface area contributed by atoms with E-state index in [2.05, 4.69) is 6.92 Å². The van der Waals surface area contributed by atoms with E-state index in [1.54, 1.807) is 0 Å². The average molecular weight is 293 g/mol. The first-order chi connectivity index (χ1) is 10.1. The smallest absolute Gasteiger partial charge is 0.320 e. The van der Waals surface area contributed by atoms with Crippen molar-refractivity contribution in [2.45, 2.75) is 39.0 Å². The molecule has 3 saturated heterocycles. The summed E-state index contributed by atoms with van der Waals surface area (Å²) in [4.78, 5) is 31.0. The Kier molecular flexibility index (Phi) is 4.36. The highest BCUT2D eigenvalue weighted by Gasteiger charge is 2.34. The zero-order valence-corrected chi connectivity index (χ0v) is 13.1. The van der Waals surface area contributed by atoms with Crippen LogP contribution in [-0.4, -0.2) is 65.9 Å². The van der Waals surface area contributed by atoms with Crippen molar-refractivity contribution >= 4 is 11.9 Å². The largest absolute Gasteiger partial charge is 0.342 e. The molecule has 21 heavy (non-hydrogen) atoms. The number of carbonyl (C=O) groups excluding carboxylic acids is 2. The molecular weight excluding hydrogens is 266 g/mol. The number of carbonyl (C=O) groups is 2. The third-order valence-corrected chi connectivity index (χ3v) is 5.15. The van der Waals surface area contributed by atoms with Crippen LogP contribution in [0.4, 0.5) is 4.79 Å². The highest BCUT2D eigenvalue weighted by molar-refractivity contribution is 5.81. The SMILES string of the molecule is CC1CCN(C(=O)N2CCCC(C(=O)N3CCCC3)C2)C1. The normalized spacial score (nSPS) is 30.0. The van der Waals surface area contributed by atoms with Crippen molar-refractivity contribution in [1.82, 2.24) is 14.7 Å². The van der Waals surface area contributed by atoms with Gasteiger partial charge < -0.3 is 14.7 Å². The quantitative estimate of drug-likeness (QED) is 0.740. The van der Waals surface area contributed by atoms with E-state index >= 15 is 0 Å². The van der Waals surface area contributed by atoms with Crippen LogP contribution < -0.4 is 0 Å². The molecule has 3 aliphatic rings. The molecule has 3 rings (SSSR count). The van der Waals surface area contributed by atoms with Gasteiger partial charge in [0, 0.05) is 39.3 Å². The molecule has 118 valence electrons. The summed E-state index contributed by atoms with van der Waals surface area (Å²) in [6.45, 7) is 7.21. The van der Waals surface area contributed by atoms with Gasteiger partial charge in [0.1, 0.15) is 0 Å². The van der Waals surface area contributed by atoms with Gasteiger partial charge in [0.05, 0.1) is 5.92 Å². The molecule has 3 heterocycles. The summed E-state index contributed by atoms with van der Waals surface area (Å²) in [7, 11) is 0. The van der Waals surface area contributed by atoms with Gasteiger partial charge in [-0.25, -0.2) is 4.79 Å². The Labute approximate surface area is 127 Å². The van der Waals surface area contributed by atoms with E-state index in [4.69, 9.17) is 0 Å². The van der Waals surface area contributed by atoms with Gasteiger partial charge in [-0.1, -0.05) is 6.92 Å². The van der Waals surface area contributed by atoms with Crippen molar-refractivity contribution < 1.29 is 9.59 Å². The standard InChI is InChI=1S/C16H27N3O2/c1-13-6-10-19(11-13)16(21)18-9-4-5-14(12-18)15(20)17-7-2-3-8-17/h13-14H,2-12H2,1H3. The van der Waals surface area contributed by atoms with Gasteiger partial charge in [-0.15, -0.1) is 0 Å². The Morgan fingerprint density at radius 1 is 0.810 bits per heavy atom. The maximum Gasteiger partial charge on any atom is 0.320 e. The molecule has 0 saturated carbocycles. The van der Waals surface area contributed by atoms with Crippen molar-refractivity contribution in [3.8, 4) is 0 Å². The predicted molar refractivity (Wildman–Crippen MR) is 80.9 cm³/mol. The lowest BCUT2D eigenvalue weighted by Gasteiger charge is -2.36. The number of hydrogen-bond donors (Lipinski definition) is 0. The summed E-state index contributed by atoms with van der Waals surface area (Å²) >= 11 is 0. The lowest BCUT2D eigenvalue weighted by atomic mass is 9.97. The Bertz CT molecular complexity index is 406. The number of nitrogens with zero attached hydrogens (tertiary/aromatic N) is 3. The molecule has 0 aromatic carbocycles. The molecule has 0 N–H and O–H groups in total. The zero-order valence-electron chi connectivity index (χ0n) is 13.1. The van der Waals surface area contributed by atoms with Crippen LogP contribution in [-0.2, 0) is 4.79 Å². The first-order valence-electron chi connectivity index (χ1n) is 8.48. The van der Waals surface area contributed by atoms with E-state index in [0.717, 1.165) is 64.8 Å². The predicted octanol–water partition coefficient (Wildman–Crippen LogP) is 1.78. The van der Waals surface area contributed by atoms with Crippen molar-refractivity contribution in [3.63, 3.8) is 0 Å². The highest BCUT2D eigenvalue weighted by Crippen LogP contribution is 2.24. The van der Waals surface area contributed by atoms with Crippen molar-refractivity contribution in [2.75, 3.05) is 39.3 Å². The topological polar surface area (TPSA) is 43.9 Å². The fraction of sp³-hybridized carbons (Fsp3) is 0.875. The molecule has 0 radical (unpaired) electrons. The molecule has 0 aromatic rings. The fourth-order valence-corrected chi connectivity index (χ4v) is 3.86. The van der Waals surface area contributed by atoms with Gasteiger partial charge in [-0.2, -0.15) is 0 Å². The molecule has 5 nitrogen and oxygen atoms in total. The van der Waals surface area contributed by atoms with Crippen LogP contribution in [0.2, 0.25) is 0 Å². The van der Waals surface area contributed by atoms with Crippen LogP contribution in [0.1, 0.15) is 39.0 Å². The molecule has 0 spiro atoms. The third kappa shape index (κ3) is 3.16. The van der Waals surface area contributed by atoms with E-state index in [0.29, 0.717) is 12.5 Å². The van der Waals surface area contributed by atoms with Gasteiger partial charge in [0.2, 0.25) is 5.91 Å². The number of piperidine rings is 1. The summed E-state index contributed by atoms with van der Waals surface area (Å²) in [5.74, 6) is 0.918. The lowest BCUT2D eigenvalue weighted by Crippen LogP contribution is -2.50. The molecule has 0 bridgehead atoms. The maximum atomic E-state index is 12.6. The van der Waals surface area contributed by atoms with Gasteiger partial charge in [0.25, 0.3) is 0 Å². The van der Waals surface area contributed by atoms with E-state index in [1.807, 2.05) is 14.7 Å². The summed E-state index contributed by atoms with van der Waals surface area (Å²) in [6.07, 6.45) is 5.27. The molecule has 0 aliphatic carbocycles. The molecular formula is C16H27N3O2. The average Bonchev–Trinajstić information content (AvgIpc) is 3.17. The molecule has 2 unspecified atom stereocenters. The monoisotopic (exact) mass is 293 g/mol. The second-order valence-corrected chi connectivity index (χ2v) is 6.94. The van der Waals surface area contributed by atoms with Crippen molar-refractivity contribution in [2.24, 2.45) is 11.8 Å². The minimum Gasteiger partial charge on any atom is -0.342 e. The fourth-order valence-electron chi connectivity index (χ4n) is 3.86. The molecule has 3 amide bonds. The van der Waals surface area contributed by atoms with E-state index < -0.39 is 0 Å². The van der Waals surface area contributed by atoms with Gasteiger partial charge in [-0.3, -0.25) is 4.79 Å². The van der Waals surface area contributed by atoms with Crippen LogP contribution in [0.3, 0.4) is 0 Å². The number of hydrogen-bond acceptors (Lipinski definition) is 2. The first kappa shape index (κ1) is 14.7. The van der Waals surface area contributed by atoms with Crippen LogP contribution in [0.15, 0.2) is 0 Å². The third-order valence-electron chi connectivity index (χ3n) is 5.15. The summed E-state index contributed by atoms with van der Waals surface area (Å²) in [5, 5.41) is 0. The van der Waals surface area contributed by atoms with Crippen LogP contribution in [0.25, 0.3) is 0 Å². The number of amides is 3. The highest BCUT2D eigenvalue weighted by atomic mass is 16.2. The van der Waals surface area contributed by atoms with E-state index in [9.17, 15) is 9.59 Å². The van der Waals surface area contributed by atoms with E-state index in [-0.39, 0.29) is 17.9 Å². The minimum atomic E-state index is 0.0285. The Morgan fingerprint density at radius 2 is 1.48 bits per heavy atom. The van der Waals surface area contributed by atoms with Crippen LogP contribution in [0.5, 0.6) is 0 Å². The van der Waals surface area contributed by atoms with Crippen LogP contribution in [0, 0.1) is 11.8 Å². The van der Waals surface area contributed by atoms with Gasteiger partial charge in [0.15, 0.2) is 0 Å². The first-order valence-corrected chi connectivity index (χ1v) is 8.48. The Hall–Kier alpha value is -1.26. The molecule has 3 aliphatic heterocycles. The van der Waals surface area contributed by atoms with Crippen molar-refractivity contribution in [3.05, 3.63) is 0 Å². The van der Waals surface area contributed by atoms with E-state index in [1.165, 1.54) is 0 Å². The minimum absolute atomic E-state index is 0.0285. The molecule has 5 heteroatoms. The second-order valence-electron chi connectivity index (χ2n) is 6.94. The molecule has 2 atom stereocenters. The number of likely N-dealkylation sites (tertiary alicyclic amines) is 3. The summed E-state index contributed by atoms with van der Waals surface area (Å²) in [6, 6.07) is 0.151. The van der Waals surface area contributed by atoms with Crippen molar-refractivity contribution in [1.29, 1.82) is 0 Å².